The van der Waals surface area contributed by atoms with Gasteiger partial charge in [-0.15, -0.1) is 0 Å². The van der Waals surface area contributed by atoms with E-state index in [1.54, 1.807) is 12.4 Å². The Morgan fingerprint density at radius 2 is 1.57 bits per heavy atom. The Bertz CT molecular complexity index is 687. The Labute approximate surface area is 120 Å². The summed E-state index contributed by atoms with van der Waals surface area (Å²) in [5, 5.41) is 0. The van der Waals surface area contributed by atoms with Gasteiger partial charge >= 0.3 is 0 Å². The van der Waals surface area contributed by atoms with Crippen LogP contribution >= 0.6 is 0 Å². The fourth-order valence-electron chi connectivity index (χ4n) is 2.52. The zero-order chi connectivity index (χ0) is 14.8. The Hall–Kier alpha value is -2.56. The molecule has 0 amide bonds. The molecule has 0 spiro atoms. The third kappa shape index (κ3) is 2.31. The highest BCUT2D eigenvalue weighted by Crippen LogP contribution is 2.38. The average Bonchev–Trinajstić information content (AvgIpc) is 3.18. The molecule has 2 aromatic heterocycles. The first kappa shape index (κ1) is 13.4. The van der Waals surface area contributed by atoms with Gasteiger partial charge in [-0.1, -0.05) is 0 Å². The third-order valence-corrected chi connectivity index (χ3v) is 3.47. The van der Waals surface area contributed by atoms with Crippen molar-refractivity contribution in [2.24, 2.45) is 0 Å². The Balaban J connectivity index is 2.25. The number of H-pyrrole nitrogens is 2. The van der Waals surface area contributed by atoms with E-state index in [4.69, 9.17) is 4.74 Å². The van der Waals surface area contributed by atoms with Gasteiger partial charge in [0, 0.05) is 29.3 Å². The fourth-order valence-corrected chi connectivity index (χ4v) is 2.52. The van der Waals surface area contributed by atoms with Gasteiger partial charge in [0.15, 0.2) is 11.6 Å². The number of ether oxygens (including phenoxy) is 1. The van der Waals surface area contributed by atoms with Crippen molar-refractivity contribution in [3.8, 4) is 5.75 Å². The van der Waals surface area contributed by atoms with Crippen molar-refractivity contribution in [1.29, 1.82) is 0 Å². The van der Waals surface area contributed by atoms with Crippen LogP contribution in [0.2, 0.25) is 0 Å². The number of methoxy groups -OCH3 is 1. The number of hydrogen-bond acceptors (Lipinski definition) is 1. The largest absolute Gasteiger partial charge is 0.496 e. The topological polar surface area (TPSA) is 40.8 Å². The molecular formula is C16H14F2N2O. The monoisotopic (exact) mass is 288 g/mol. The lowest BCUT2D eigenvalue weighted by Gasteiger charge is -2.19. The van der Waals surface area contributed by atoms with Crippen molar-refractivity contribution in [3.05, 3.63) is 77.4 Å². The number of aromatic amines is 2. The van der Waals surface area contributed by atoms with Gasteiger partial charge in [-0.3, -0.25) is 0 Å². The summed E-state index contributed by atoms with van der Waals surface area (Å²) in [4.78, 5) is 6.11. The number of halogens is 2. The summed E-state index contributed by atoms with van der Waals surface area (Å²) in [6, 6.07) is 9.79. The summed E-state index contributed by atoms with van der Waals surface area (Å²) in [7, 11) is 1.44. The molecule has 0 aliphatic carbocycles. The normalized spacial score (nSPS) is 11.0. The minimum atomic E-state index is -0.899. The third-order valence-electron chi connectivity index (χ3n) is 3.47. The van der Waals surface area contributed by atoms with Crippen LogP contribution in [-0.4, -0.2) is 17.1 Å². The highest BCUT2D eigenvalue weighted by atomic mass is 19.2. The van der Waals surface area contributed by atoms with Crippen LogP contribution in [0, 0.1) is 11.6 Å². The van der Waals surface area contributed by atoms with Crippen LogP contribution in [0.3, 0.4) is 0 Å². The van der Waals surface area contributed by atoms with E-state index in [1.165, 1.54) is 13.2 Å². The molecular weight excluding hydrogens is 274 g/mol. The standard InChI is InChI=1S/C16H14F2N2O/c1-21-13-7-6-10(17)16(18)15(13)14(11-4-2-8-19-11)12-5-3-9-20-12/h2-9,14,19-20H,1H3. The van der Waals surface area contributed by atoms with Gasteiger partial charge in [0.25, 0.3) is 0 Å². The van der Waals surface area contributed by atoms with Crippen molar-refractivity contribution in [2.75, 3.05) is 7.11 Å². The molecule has 0 unspecified atom stereocenters. The molecule has 1 aromatic carbocycles. The van der Waals surface area contributed by atoms with Gasteiger partial charge in [-0.05, 0) is 36.4 Å². The molecule has 0 aliphatic rings. The van der Waals surface area contributed by atoms with Crippen molar-refractivity contribution >= 4 is 0 Å². The molecule has 0 saturated heterocycles. The molecule has 0 atom stereocenters. The van der Waals surface area contributed by atoms with Gasteiger partial charge in [-0.25, -0.2) is 8.78 Å². The van der Waals surface area contributed by atoms with Crippen LogP contribution in [0.5, 0.6) is 5.75 Å². The Morgan fingerprint density at radius 3 is 2.05 bits per heavy atom. The number of aromatic nitrogens is 2. The zero-order valence-corrected chi connectivity index (χ0v) is 11.4. The summed E-state index contributed by atoms with van der Waals surface area (Å²) in [6.45, 7) is 0. The lowest BCUT2D eigenvalue weighted by atomic mass is 9.91. The van der Waals surface area contributed by atoms with Gasteiger partial charge in [0.2, 0.25) is 0 Å². The minimum absolute atomic E-state index is 0.169. The fraction of sp³-hybridized carbons (Fsp3) is 0.125. The van der Waals surface area contributed by atoms with Gasteiger partial charge in [0.1, 0.15) is 5.75 Å². The Morgan fingerprint density at radius 1 is 0.952 bits per heavy atom. The second-order valence-electron chi connectivity index (χ2n) is 4.66. The number of nitrogens with one attached hydrogen (secondary N) is 2. The van der Waals surface area contributed by atoms with E-state index in [2.05, 4.69) is 9.97 Å². The van der Waals surface area contributed by atoms with Crippen LogP contribution in [0.15, 0.2) is 48.8 Å². The molecule has 0 saturated carbocycles. The molecule has 3 rings (SSSR count). The highest BCUT2D eigenvalue weighted by molar-refractivity contribution is 5.47. The summed E-state index contributed by atoms with van der Waals surface area (Å²) in [5.41, 5.74) is 1.67. The second kappa shape index (κ2) is 5.44. The maximum Gasteiger partial charge on any atom is 0.166 e. The smallest absolute Gasteiger partial charge is 0.166 e. The average molecular weight is 288 g/mol. The molecule has 3 nitrogen and oxygen atoms in total. The van der Waals surface area contributed by atoms with E-state index in [0.29, 0.717) is 5.75 Å². The van der Waals surface area contributed by atoms with E-state index in [1.807, 2.05) is 24.3 Å². The number of rotatable bonds is 4. The van der Waals surface area contributed by atoms with Crippen LogP contribution in [0.25, 0.3) is 0 Å². The molecule has 108 valence electrons. The first-order chi connectivity index (χ1) is 10.2. The van der Waals surface area contributed by atoms with Gasteiger partial charge in [-0.2, -0.15) is 0 Å². The number of hydrogen-bond donors (Lipinski definition) is 2. The first-order valence-electron chi connectivity index (χ1n) is 6.51. The highest BCUT2D eigenvalue weighted by Gasteiger charge is 2.27. The van der Waals surface area contributed by atoms with Crippen molar-refractivity contribution < 1.29 is 13.5 Å². The molecule has 21 heavy (non-hydrogen) atoms. The lowest BCUT2D eigenvalue weighted by Crippen LogP contribution is -2.10. The quantitative estimate of drug-likeness (QED) is 0.753. The van der Waals surface area contributed by atoms with E-state index in [9.17, 15) is 8.78 Å². The van der Waals surface area contributed by atoms with E-state index in [0.717, 1.165) is 17.5 Å². The molecule has 3 aromatic rings. The summed E-state index contributed by atoms with van der Waals surface area (Å²) < 4.78 is 33.3. The molecule has 2 N–H and O–H groups in total. The maximum atomic E-state index is 14.4. The minimum Gasteiger partial charge on any atom is -0.496 e. The lowest BCUT2D eigenvalue weighted by molar-refractivity contribution is 0.396. The van der Waals surface area contributed by atoms with Crippen LogP contribution in [0.1, 0.15) is 22.9 Å². The van der Waals surface area contributed by atoms with Gasteiger partial charge < -0.3 is 14.7 Å². The van der Waals surface area contributed by atoms with Crippen LogP contribution in [0.4, 0.5) is 8.78 Å². The van der Waals surface area contributed by atoms with E-state index < -0.39 is 17.6 Å². The predicted octanol–water partition coefficient (Wildman–Crippen LogP) is 3.81. The molecule has 0 fully saturated rings. The van der Waals surface area contributed by atoms with E-state index >= 15 is 0 Å². The summed E-state index contributed by atoms with van der Waals surface area (Å²) >= 11 is 0. The zero-order valence-electron chi connectivity index (χ0n) is 11.4. The predicted molar refractivity (Wildman–Crippen MR) is 75.4 cm³/mol. The molecule has 0 aliphatic heterocycles. The maximum absolute atomic E-state index is 14.4. The summed E-state index contributed by atoms with van der Waals surface area (Å²) in [6.07, 6.45) is 3.49. The van der Waals surface area contributed by atoms with Gasteiger partial charge in [0.05, 0.1) is 13.0 Å². The van der Waals surface area contributed by atoms with E-state index in [-0.39, 0.29) is 5.56 Å². The van der Waals surface area contributed by atoms with Crippen molar-refractivity contribution in [3.63, 3.8) is 0 Å². The van der Waals surface area contributed by atoms with Crippen LogP contribution in [-0.2, 0) is 0 Å². The SMILES string of the molecule is COc1ccc(F)c(F)c1C(c1ccc[nH]1)c1ccc[nH]1. The number of benzene rings is 1. The van der Waals surface area contributed by atoms with Crippen molar-refractivity contribution in [2.45, 2.75) is 5.92 Å². The second-order valence-corrected chi connectivity index (χ2v) is 4.66. The molecule has 2 heterocycles. The van der Waals surface area contributed by atoms with Crippen molar-refractivity contribution in [1.82, 2.24) is 9.97 Å². The molecule has 5 heteroatoms. The molecule has 0 bridgehead atoms. The summed E-state index contributed by atoms with van der Waals surface area (Å²) in [5.74, 6) is -1.98. The first-order valence-corrected chi connectivity index (χ1v) is 6.51. The van der Waals surface area contributed by atoms with Crippen LogP contribution < -0.4 is 4.74 Å². The Kier molecular flexibility index (Phi) is 3.48. The molecule has 0 radical (unpaired) electrons.